The second-order valence-electron chi connectivity index (χ2n) is 6.15. The molecule has 1 aromatic carbocycles. The molecule has 1 aromatic rings. The fraction of sp³-hybridized carbons (Fsp3) is 0.625. The van der Waals surface area contributed by atoms with Crippen molar-refractivity contribution < 1.29 is 4.39 Å². The Hall–Kier alpha value is -0.890. The van der Waals surface area contributed by atoms with Crippen molar-refractivity contribution in [2.24, 2.45) is 11.3 Å². The molecule has 1 rings (SSSR count). The fourth-order valence-corrected chi connectivity index (χ4v) is 1.98. The Bertz CT molecular complexity index is 356. The summed E-state index contributed by atoms with van der Waals surface area (Å²) in [5, 5.41) is 3.52. The van der Waals surface area contributed by atoms with Gasteiger partial charge in [-0.2, -0.15) is 0 Å². The van der Waals surface area contributed by atoms with Crippen molar-refractivity contribution in [2.45, 2.75) is 47.1 Å². The van der Waals surface area contributed by atoms with Gasteiger partial charge in [0.05, 0.1) is 0 Å². The van der Waals surface area contributed by atoms with Crippen LogP contribution in [0.15, 0.2) is 24.3 Å². The predicted octanol–water partition coefficient (Wildman–Crippen LogP) is 4.03. The van der Waals surface area contributed by atoms with Gasteiger partial charge in [-0.3, -0.25) is 0 Å². The predicted molar refractivity (Wildman–Crippen MR) is 76.2 cm³/mol. The molecule has 1 N–H and O–H groups in total. The molecule has 2 heteroatoms. The van der Waals surface area contributed by atoms with E-state index in [-0.39, 0.29) is 11.2 Å². The van der Waals surface area contributed by atoms with Gasteiger partial charge < -0.3 is 5.32 Å². The van der Waals surface area contributed by atoms with E-state index in [0.717, 1.165) is 13.0 Å². The molecular weight excluding hydrogens is 225 g/mol. The van der Waals surface area contributed by atoms with E-state index in [0.29, 0.717) is 12.0 Å². The first kappa shape index (κ1) is 15.2. The van der Waals surface area contributed by atoms with Gasteiger partial charge >= 0.3 is 0 Å². The lowest BCUT2D eigenvalue weighted by molar-refractivity contribution is 0.202. The van der Waals surface area contributed by atoms with E-state index in [1.807, 2.05) is 12.1 Å². The van der Waals surface area contributed by atoms with E-state index in [9.17, 15) is 4.39 Å². The zero-order chi connectivity index (χ0) is 13.8. The number of benzene rings is 1. The Labute approximate surface area is 111 Å². The van der Waals surface area contributed by atoms with Crippen LogP contribution in [0.1, 0.15) is 40.2 Å². The summed E-state index contributed by atoms with van der Waals surface area (Å²) in [5.41, 5.74) is 1.40. The molecule has 0 aromatic heterocycles. The number of nitrogens with one attached hydrogen (secondary N) is 1. The Kier molecular flexibility index (Phi) is 5.33. The summed E-state index contributed by atoms with van der Waals surface area (Å²) in [4.78, 5) is 0. The van der Waals surface area contributed by atoms with Crippen LogP contribution < -0.4 is 5.32 Å². The molecule has 0 aliphatic rings. The highest BCUT2D eigenvalue weighted by atomic mass is 19.1. The second kappa shape index (κ2) is 6.33. The van der Waals surface area contributed by atoms with Crippen molar-refractivity contribution in [1.29, 1.82) is 0 Å². The van der Waals surface area contributed by atoms with Crippen molar-refractivity contribution in [3.05, 3.63) is 35.6 Å². The summed E-state index contributed by atoms with van der Waals surface area (Å²) in [6.45, 7) is 12.1. The van der Waals surface area contributed by atoms with Crippen molar-refractivity contribution in [3.8, 4) is 0 Å². The lowest BCUT2D eigenvalue weighted by atomic mass is 9.74. The quantitative estimate of drug-likeness (QED) is 0.805. The molecule has 1 atom stereocenters. The monoisotopic (exact) mass is 251 g/mol. The Morgan fingerprint density at radius 1 is 1.11 bits per heavy atom. The van der Waals surface area contributed by atoms with Crippen LogP contribution >= 0.6 is 0 Å². The zero-order valence-corrected chi connectivity index (χ0v) is 12.3. The SMILES string of the molecule is CC(C)NCC(C)(Cc1ccc(F)cc1)C(C)C. The molecule has 1 nitrogen and oxygen atoms in total. The van der Waals surface area contributed by atoms with Crippen LogP contribution in [0.3, 0.4) is 0 Å². The zero-order valence-electron chi connectivity index (χ0n) is 12.3. The van der Waals surface area contributed by atoms with Gasteiger partial charge in [-0.25, -0.2) is 4.39 Å². The maximum absolute atomic E-state index is 12.9. The summed E-state index contributed by atoms with van der Waals surface area (Å²) in [7, 11) is 0. The Morgan fingerprint density at radius 3 is 2.11 bits per heavy atom. The smallest absolute Gasteiger partial charge is 0.123 e. The van der Waals surface area contributed by atoms with Crippen LogP contribution in [0.4, 0.5) is 4.39 Å². The number of halogens is 1. The standard InChI is InChI=1S/C16H26FN/c1-12(2)16(5,11-18-13(3)4)10-14-6-8-15(17)9-7-14/h6-9,12-13,18H,10-11H2,1-5H3. The van der Waals surface area contributed by atoms with Gasteiger partial charge in [0.1, 0.15) is 5.82 Å². The molecule has 0 radical (unpaired) electrons. The average molecular weight is 251 g/mol. The molecule has 0 saturated carbocycles. The summed E-state index contributed by atoms with van der Waals surface area (Å²) in [5.74, 6) is 0.416. The Morgan fingerprint density at radius 2 is 1.67 bits per heavy atom. The number of rotatable bonds is 6. The molecule has 0 fully saturated rings. The van der Waals surface area contributed by atoms with Crippen LogP contribution in [0.5, 0.6) is 0 Å². The van der Waals surface area contributed by atoms with Crippen LogP contribution in [0, 0.1) is 17.2 Å². The molecule has 18 heavy (non-hydrogen) atoms. The first-order valence-corrected chi connectivity index (χ1v) is 6.81. The third-order valence-electron chi connectivity index (χ3n) is 3.83. The third kappa shape index (κ3) is 4.41. The average Bonchev–Trinajstić information content (AvgIpc) is 2.29. The summed E-state index contributed by atoms with van der Waals surface area (Å²) in [6.07, 6.45) is 0.977. The molecular formula is C16H26FN. The van der Waals surface area contributed by atoms with Crippen molar-refractivity contribution in [2.75, 3.05) is 6.54 Å². The van der Waals surface area contributed by atoms with E-state index in [1.54, 1.807) is 12.1 Å². The van der Waals surface area contributed by atoms with Gasteiger partial charge in [-0.15, -0.1) is 0 Å². The van der Waals surface area contributed by atoms with Crippen molar-refractivity contribution in [3.63, 3.8) is 0 Å². The largest absolute Gasteiger partial charge is 0.314 e. The molecule has 0 heterocycles. The van der Waals surface area contributed by atoms with Crippen molar-refractivity contribution >= 4 is 0 Å². The van der Waals surface area contributed by atoms with Crippen LogP contribution in [0.25, 0.3) is 0 Å². The van der Waals surface area contributed by atoms with Crippen LogP contribution in [-0.2, 0) is 6.42 Å². The molecule has 0 aliphatic carbocycles. The summed E-state index contributed by atoms with van der Waals surface area (Å²) < 4.78 is 12.9. The molecule has 0 saturated heterocycles. The van der Waals surface area contributed by atoms with Gasteiger partial charge in [-0.1, -0.05) is 46.8 Å². The third-order valence-corrected chi connectivity index (χ3v) is 3.83. The lowest BCUT2D eigenvalue weighted by Crippen LogP contribution is -2.40. The second-order valence-corrected chi connectivity index (χ2v) is 6.15. The maximum atomic E-state index is 12.9. The van der Waals surface area contributed by atoms with Gasteiger partial charge in [0.25, 0.3) is 0 Å². The maximum Gasteiger partial charge on any atom is 0.123 e. The minimum absolute atomic E-state index is 0.162. The molecule has 0 amide bonds. The minimum Gasteiger partial charge on any atom is -0.314 e. The first-order valence-electron chi connectivity index (χ1n) is 6.81. The van der Waals surface area contributed by atoms with Gasteiger partial charge in [0, 0.05) is 12.6 Å². The van der Waals surface area contributed by atoms with E-state index < -0.39 is 0 Å². The normalized spacial score (nSPS) is 15.1. The number of hydrogen-bond donors (Lipinski definition) is 1. The molecule has 0 aliphatic heterocycles. The highest BCUT2D eigenvalue weighted by molar-refractivity contribution is 5.18. The van der Waals surface area contributed by atoms with E-state index in [1.165, 1.54) is 5.56 Å². The molecule has 102 valence electrons. The van der Waals surface area contributed by atoms with E-state index >= 15 is 0 Å². The highest BCUT2D eigenvalue weighted by Gasteiger charge is 2.28. The van der Waals surface area contributed by atoms with Gasteiger partial charge in [-0.05, 0) is 35.4 Å². The first-order chi connectivity index (χ1) is 8.33. The van der Waals surface area contributed by atoms with E-state index in [2.05, 4.69) is 39.9 Å². The topological polar surface area (TPSA) is 12.0 Å². The van der Waals surface area contributed by atoms with Gasteiger partial charge in [0.15, 0.2) is 0 Å². The number of hydrogen-bond acceptors (Lipinski definition) is 1. The lowest BCUT2D eigenvalue weighted by Gasteiger charge is -2.35. The summed E-state index contributed by atoms with van der Waals surface area (Å²) >= 11 is 0. The minimum atomic E-state index is -0.162. The van der Waals surface area contributed by atoms with Gasteiger partial charge in [0.2, 0.25) is 0 Å². The highest BCUT2D eigenvalue weighted by Crippen LogP contribution is 2.30. The molecule has 0 spiro atoms. The molecule has 0 bridgehead atoms. The van der Waals surface area contributed by atoms with Crippen LogP contribution in [0.2, 0.25) is 0 Å². The van der Waals surface area contributed by atoms with Crippen LogP contribution in [-0.4, -0.2) is 12.6 Å². The van der Waals surface area contributed by atoms with Crippen molar-refractivity contribution in [1.82, 2.24) is 5.32 Å². The molecule has 1 unspecified atom stereocenters. The fourth-order valence-electron chi connectivity index (χ4n) is 1.98. The Balaban J connectivity index is 2.75. The van der Waals surface area contributed by atoms with E-state index in [4.69, 9.17) is 0 Å². The summed E-state index contributed by atoms with van der Waals surface area (Å²) in [6, 6.07) is 7.38.